The van der Waals surface area contributed by atoms with Gasteiger partial charge in [0, 0.05) is 18.5 Å². The number of nitrogens with zero attached hydrogens (tertiary/aromatic N) is 3. The number of fused-ring (bicyclic) bond motifs is 2. The summed E-state index contributed by atoms with van der Waals surface area (Å²) in [4.78, 5) is 6.93. The highest BCUT2D eigenvalue weighted by molar-refractivity contribution is 4.98. The monoisotopic (exact) mass is 265 g/mol. The Bertz CT molecular complexity index is 418. The van der Waals surface area contributed by atoms with Crippen LogP contribution in [0, 0.1) is 5.92 Å². The van der Waals surface area contributed by atoms with Gasteiger partial charge in [0.05, 0.1) is 12.6 Å². The first-order valence-electron chi connectivity index (χ1n) is 7.37. The Morgan fingerprint density at radius 2 is 2.00 bits per heavy atom. The largest absolute Gasteiger partial charge is 0.393 e. The van der Waals surface area contributed by atoms with Crippen molar-refractivity contribution < 1.29 is 9.63 Å². The molecule has 0 radical (unpaired) electrons. The third-order valence-corrected chi connectivity index (χ3v) is 4.28. The van der Waals surface area contributed by atoms with Crippen LogP contribution >= 0.6 is 0 Å². The molecule has 0 aromatic carbocycles. The summed E-state index contributed by atoms with van der Waals surface area (Å²) in [6, 6.07) is 1.00. The maximum absolute atomic E-state index is 9.80. The Kier molecular flexibility index (Phi) is 3.58. The summed E-state index contributed by atoms with van der Waals surface area (Å²) < 4.78 is 5.29. The Balaban J connectivity index is 1.64. The zero-order valence-corrected chi connectivity index (χ0v) is 11.7. The van der Waals surface area contributed by atoms with E-state index in [-0.39, 0.29) is 6.10 Å². The van der Waals surface area contributed by atoms with E-state index in [1.807, 2.05) is 0 Å². The second-order valence-corrected chi connectivity index (χ2v) is 6.38. The Labute approximate surface area is 114 Å². The highest BCUT2D eigenvalue weighted by atomic mass is 16.5. The predicted octanol–water partition coefficient (Wildman–Crippen LogP) is 1.76. The highest BCUT2D eigenvalue weighted by Crippen LogP contribution is 2.36. The Hall–Kier alpha value is -0.940. The molecule has 2 fully saturated rings. The molecule has 5 heteroatoms. The van der Waals surface area contributed by atoms with E-state index in [1.54, 1.807) is 0 Å². The molecule has 2 aliphatic rings. The van der Waals surface area contributed by atoms with E-state index in [1.165, 1.54) is 12.8 Å². The van der Waals surface area contributed by atoms with Gasteiger partial charge in [0.1, 0.15) is 0 Å². The fourth-order valence-corrected chi connectivity index (χ4v) is 3.45. The van der Waals surface area contributed by atoms with Crippen LogP contribution in [0.1, 0.15) is 51.2 Å². The molecular weight excluding hydrogens is 242 g/mol. The molecular formula is C14H23N3O2. The van der Waals surface area contributed by atoms with E-state index >= 15 is 0 Å². The van der Waals surface area contributed by atoms with Crippen molar-refractivity contribution in [3.8, 4) is 0 Å². The molecule has 2 aliphatic heterocycles. The maximum Gasteiger partial charge on any atom is 0.226 e. The normalized spacial score (nSPS) is 31.3. The van der Waals surface area contributed by atoms with Gasteiger partial charge in [-0.15, -0.1) is 0 Å². The fourth-order valence-electron chi connectivity index (χ4n) is 3.45. The fraction of sp³-hybridized carbons (Fsp3) is 0.857. The molecule has 3 heterocycles. The molecule has 1 aromatic heterocycles. The van der Waals surface area contributed by atoms with E-state index in [0.717, 1.165) is 37.5 Å². The van der Waals surface area contributed by atoms with Crippen molar-refractivity contribution in [1.29, 1.82) is 0 Å². The highest BCUT2D eigenvalue weighted by Gasteiger charge is 2.40. The van der Waals surface area contributed by atoms with E-state index in [4.69, 9.17) is 4.52 Å². The number of piperidine rings is 1. The molecule has 2 saturated heterocycles. The van der Waals surface area contributed by atoms with Crippen LogP contribution < -0.4 is 0 Å². The molecule has 5 nitrogen and oxygen atoms in total. The van der Waals surface area contributed by atoms with Crippen molar-refractivity contribution in [1.82, 2.24) is 15.0 Å². The summed E-state index contributed by atoms with van der Waals surface area (Å²) in [5.41, 5.74) is 0. The summed E-state index contributed by atoms with van der Waals surface area (Å²) in [7, 11) is 0. The molecule has 106 valence electrons. The van der Waals surface area contributed by atoms with Gasteiger partial charge < -0.3 is 9.63 Å². The van der Waals surface area contributed by atoms with Gasteiger partial charge in [-0.2, -0.15) is 4.98 Å². The first-order valence-corrected chi connectivity index (χ1v) is 7.37. The van der Waals surface area contributed by atoms with Gasteiger partial charge in [0.25, 0.3) is 0 Å². The zero-order chi connectivity index (χ0) is 13.4. The second-order valence-electron chi connectivity index (χ2n) is 6.38. The predicted molar refractivity (Wildman–Crippen MR) is 70.4 cm³/mol. The molecule has 19 heavy (non-hydrogen) atoms. The van der Waals surface area contributed by atoms with Gasteiger partial charge in [-0.25, -0.2) is 0 Å². The number of hydrogen-bond donors (Lipinski definition) is 1. The van der Waals surface area contributed by atoms with Crippen LogP contribution in [0.3, 0.4) is 0 Å². The van der Waals surface area contributed by atoms with Gasteiger partial charge in [0.15, 0.2) is 5.82 Å². The first-order chi connectivity index (χ1) is 9.11. The van der Waals surface area contributed by atoms with E-state index in [0.29, 0.717) is 18.0 Å². The quantitative estimate of drug-likeness (QED) is 0.898. The minimum atomic E-state index is -0.115. The van der Waals surface area contributed by atoms with Crippen LogP contribution in [-0.2, 0) is 13.0 Å². The van der Waals surface area contributed by atoms with Crippen molar-refractivity contribution in [3.05, 3.63) is 11.7 Å². The zero-order valence-electron chi connectivity index (χ0n) is 11.7. The number of aliphatic hydroxyl groups excluding tert-OH is 1. The van der Waals surface area contributed by atoms with Crippen LogP contribution in [0.4, 0.5) is 0 Å². The second kappa shape index (κ2) is 5.21. The number of hydrogen-bond acceptors (Lipinski definition) is 5. The van der Waals surface area contributed by atoms with Gasteiger partial charge in [-0.3, -0.25) is 4.90 Å². The van der Waals surface area contributed by atoms with Crippen molar-refractivity contribution in [2.24, 2.45) is 5.92 Å². The standard InChI is InChI=1S/C14H23N3O2/c1-9(2)5-14-15-13(16-19-14)8-17-10-3-4-11(17)7-12(18)6-10/h9-12,18H,3-8H2,1-2H3. The molecule has 0 spiro atoms. The molecule has 3 rings (SSSR count). The lowest BCUT2D eigenvalue weighted by molar-refractivity contribution is 0.0293. The lowest BCUT2D eigenvalue weighted by atomic mass is 10.00. The molecule has 1 N–H and O–H groups in total. The summed E-state index contributed by atoms with van der Waals surface area (Å²) >= 11 is 0. The van der Waals surface area contributed by atoms with Gasteiger partial charge in [-0.05, 0) is 31.6 Å². The van der Waals surface area contributed by atoms with Crippen LogP contribution in [0.15, 0.2) is 4.52 Å². The minimum absolute atomic E-state index is 0.115. The summed E-state index contributed by atoms with van der Waals surface area (Å²) in [5, 5.41) is 13.9. The third kappa shape index (κ3) is 2.82. The number of aliphatic hydroxyl groups is 1. The smallest absolute Gasteiger partial charge is 0.226 e. The van der Waals surface area contributed by atoms with Crippen molar-refractivity contribution in [3.63, 3.8) is 0 Å². The Morgan fingerprint density at radius 3 is 2.63 bits per heavy atom. The van der Waals surface area contributed by atoms with Gasteiger partial charge in [-0.1, -0.05) is 19.0 Å². The lowest BCUT2D eigenvalue weighted by Gasteiger charge is -2.36. The minimum Gasteiger partial charge on any atom is -0.393 e. The van der Waals surface area contributed by atoms with E-state index in [2.05, 4.69) is 28.9 Å². The molecule has 1 aromatic rings. The molecule has 0 amide bonds. The van der Waals surface area contributed by atoms with E-state index in [9.17, 15) is 5.11 Å². The van der Waals surface area contributed by atoms with Gasteiger partial charge in [0.2, 0.25) is 5.89 Å². The van der Waals surface area contributed by atoms with Crippen LogP contribution in [0.5, 0.6) is 0 Å². The molecule has 0 saturated carbocycles. The summed E-state index contributed by atoms with van der Waals surface area (Å²) in [6.07, 6.45) is 4.91. The van der Waals surface area contributed by atoms with Crippen molar-refractivity contribution in [2.45, 2.75) is 70.7 Å². The van der Waals surface area contributed by atoms with Gasteiger partial charge >= 0.3 is 0 Å². The van der Waals surface area contributed by atoms with Crippen LogP contribution in [-0.4, -0.2) is 38.3 Å². The maximum atomic E-state index is 9.80. The third-order valence-electron chi connectivity index (χ3n) is 4.28. The van der Waals surface area contributed by atoms with Crippen molar-refractivity contribution >= 4 is 0 Å². The molecule has 2 atom stereocenters. The SMILES string of the molecule is CC(C)Cc1nc(CN2C3CCC2CC(O)C3)no1. The average molecular weight is 265 g/mol. The summed E-state index contributed by atoms with van der Waals surface area (Å²) in [6.45, 7) is 5.07. The average Bonchev–Trinajstić information content (AvgIpc) is 2.84. The lowest BCUT2D eigenvalue weighted by Crippen LogP contribution is -2.44. The Morgan fingerprint density at radius 1 is 1.32 bits per heavy atom. The molecule has 0 aliphatic carbocycles. The van der Waals surface area contributed by atoms with Crippen LogP contribution in [0.2, 0.25) is 0 Å². The van der Waals surface area contributed by atoms with Crippen LogP contribution in [0.25, 0.3) is 0 Å². The van der Waals surface area contributed by atoms with E-state index < -0.39 is 0 Å². The number of rotatable bonds is 4. The molecule has 2 unspecified atom stereocenters. The number of aromatic nitrogens is 2. The summed E-state index contributed by atoms with van der Waals surface area (Å²) in [5.74, 6) is 2.08. The first kappa shape index (κ1) is 13.1. The van der Waals surface area contributed by atoms with Crippen molar-refractivity contribution in [2.75, 3.05) is 0 Å². The molecule has 2 bridgehead atoms. The topological polar surface area (TPSA) is 62.4 Å².